The summed E-state index contributed by atoms with van der Waals surface area (Å²) in [5, 5.41) is 0. The molecular weight excluding hydrogens is 322 g/mol. The van der Waals surface area contributed by atoms with Crippen molar-refractivity contribution in [1.82, 2.24) is 0 Å². The van der Waals surface area contributed by atoms with Crippen LogP contribution in [-0.4, -0.2) is 42.2 Å². The third-order valence-electron chi connectivity index (χ3n) is 5.32. The van der Waals surface area contributed by atoms with Gasteiger partial charge in [0.15, 0.2) is 5.56 Å². The topological polar surface area (TPSA) is 26.3 Å². The molecule has 0 saturated heterocycles. The number of halogens is 1. The largest absolute Gasteiger partial charge is 0.446 e. The molecule has 0 saturated carbocycles. The first kappa shape index (κ1) is 23.7. The minimum absolute atomic E-state index is 0.168. The van der Waals surface area contributed by atoms with E-state index in [1.807, 2.05) is 0 Å². The number of quaternary nitrogens is 1. The van der Waals surface area contributed by atoms with Gasteiger partial charge in [0, 0.05) is 6.42 Å². The number of rotatable bonds is 16. The maximum Gasteiger partial charge on any atom is 0.307 e. The van der Waals surface area contributed by atoms with Gasteiger partial charge in [-0.1, -0.05) is 50.1 Å². The molecule has 0 spiro atoms. The minimum Gasteiger partial charge on any atom is -0.446 e. The van der Waals surface area contributed by atoms with E-state index in [9.17, 15) is 4.79 Å². The highest BCUT2D eigenvalue weighted by atomic mass is 35.5. The Morgan fingerprint density at radius 1 is 0.833 bits per heavy atom. The van der Waals surface area contributed by atoms with Crippen molar-refractivity contribution in [3.05, 3.63) is 0 Å². The summed E-state index contributed by atoms with van der Waals surface area (Å²) in [4.78, 5) is 11.3. The van der Waals surface area contributed by atoms with Crippen molar-refractivity contribution in [2.75, 3.05) is 26.2 Å². The third-order valence-corrected chi connectivity index (χ3v) is 5.41. The van der Waals surface area contributed by atoms with Gasteiger partial charge in [-0.25, -0.2) is 0 Å². The number of esters is 1. The molecule has 1 atom stereocenters. The number of carbonyl (C=O) groups is 1. The summed E-state index contributed by atoms with van der Waals surface area (Å²) < 4.78 is 6.19. The van der Waals surface area contributed by atoms with Crippen LogP contribution in [-0.2, 0) is 9.53 Å². The molecule has 4 heteroatoms. The van der Waals surface area contributed by atoms with E-state index < -0.39 is 5.56 Å². The molecule has 24 heavy (non-hydrogen) atoms. The Hall–Kier alpha value is -0.280. The number of hydrogen-bond acceptors (Lipinski definition) is 2. The summed E-state index contributed by atoms with van der Waals surface area (Å²) in [6.07, 6.45) is 11.9. The molecule has 0 radical (unpaired) electrons. The van der Waals surface area contributed by atoms with Crippen LogP contribution < -0.4 is 0 Å². The fourth-order valence-electron chi connectivity index (χ4n) is 3.34. The van der Waals surface area contributed by atoms with Crippen LogP contribution >= 0.6 is 11.6 Å². The summed E-state index contributed by atoms with van der Waals surface area (Å²) in [7, 11) is 0. The molecule has 0 aliphatic rings. The second kappa shape index (κ2) is 15.0. The summed E-state index contributed by atoms with van der Waals surface area (Å²) in [6.45, 7) is 13.8. The van der Waals surface area contributed by atoms with Gasteiger partial charge in [0.2, 0.25) is 0 Å². The molecule has 144 valence electrons. The summed E-state index contributed by atoms with van der Waals surface area (Å²) in [5.41, 5.74) is -0.506. The number of ether oxygens (including phenoxy) is 1. The molecular formula is C20H41ClNO2+. The van der Waals surface area contributed by atoms with Crippen LogP contribution in [0.4, 0.5) is 0 Å². The first-order valence-electron chi connectivity index (χ1n) is 10.2. The third kappa shape index (κ3) is 12.1. The summed E-state index contributed by atoms with van der Waals surface area (Å²) in [5.74, 6) is -0.168. The Morgan fingerprint density at radius 2 is 1.25 bits per heavy atom. The number of nitrogens with zero attached hydrogens (tertiary/aromatic N) is 1. The fraction of sp³-hybridized carbons (Fsp3) is 0.950. The van der Waals surface area contributed by atoms with Gasteiger partial charge in [-0.3, -0.25) is 4.79 Å². The van der Waals surface area contributed by atoms with Crippen LogP contribution in [0.1, 0.15) is 91.9 Å². The average Bonchev–Trinajstić information content (AvgIpc) is 2.56. The summed E-state index contributed by atoms with van der Waals surface area (Å²) >= 11 is 5.61. The lowest BCUT2D eigenvalue weighted by atomic mass is 10.1. The smallest absolute Gasteiger partial charge is 0.307 e. The van der Waals surface area contributed by atoms with E-state index in [0.29, 0.717) is 6.42 Å². The lowest BCUT2D eigenvalue weighted by Gasteiger charge is -2.35. The van der Waals surface area contributed by atoms with Gasteiger partial charge in [-0.2, -0.15) is 0 Å². The second-order valence-corrected chi connectivity index (χ2v) is 7.59. The average molecular weight is 363 g/mol. The Labute approximate surface area is 155 Å². The maximum absolute atomic E-state index is 11.3. The van der Waals surface area contributed by atoms with E-state index in [1.54, 1.807) is 6.92 Å². The number of carbonyl (C=O) groups excluding carboxylic acids is 1. The predicted octanol–water partition coefficient (Wildman–Crippen LogP) is 5.89. The van der Waals surface area contributed by atoms with E-state index in [-0.39, 0.29) is 5.97 Å². The van der Waals surface area contributed by atoms with Crippen LogP contribution in [0.5, 0.6) is 0 Å². The molecule has 0 bridgehead atoms. The van der Waals surface area contributed by atoms with E-state index in [0.717, 1.165) is 12.8 Å². The molecule has 0 aromatic carbocycles. The van der Waals surface area contributed by atoms with Gasteiger partial charge >= 0.3 is 5.97 Å². The number of unbranched alkanes of at least 4 members (excludes halogenated alkanes) is 8. The molecule has 0 N–H and O–H groups in total. The van der Waals surface area contributed by atoms with E-state index in [1.165, 1.54) is 75.6 Å². The van der Waals surface area contributed by atoms with Crippen LogP contribution in [0, 0.1) is 0 Å². The quantitative estimate of drug-likeness (QED) is 0.148. The van der Waals surface area contributed by atoms with E-state index in [4.69, 9.17) is 16.3 Å². The van der Waals surface area contributed by atoms with Crippen LogP contribution in [0.25, 0.3) is 0 Å². The van der Waals surface area contributed by atoms with Crippen LogP contribution in [0.3, 0.4) is 0 Å². The van der Waals surface area contributed by atoms with Crippen LogP contribution in [0.2, 0.25) is 0 Å². The highest BCUT2D eigenvalue weighted by Gasteiger charge is 2.19. The molecule has 0 heterocycles. The molecule has 0 aliphatic heterocycles. The SMILES string of the molecule is CC[N+](CC)(CC)CCCCCCCCCCCC(=O)OC(C)Cl. The van der Waals surface area contributed by atoms with Crippen molar-refractivity contribution in [3.63, 3.8) is 0 Å². The van der Waals surface area contributed by atoms with E-state index in [2.05, 4.69) is 20.8 Å². The Kier molecular flexibility index (Phi) is 14.8. The first-order valence-corrected chi connectivity index (χ1v) is 10.6. The highest BCUT2D eigenvalue weighted by Crippen LogP contribution is 2.13. The van der Waals surface area contributed by atoms with Crippen molar-refractivity contribution in [2.24, 2.45) is 0 Å². The van der Waals surface area contributed by atoms with Gasteiger partial charge in [0.05, 0.1) is 26.2 Å². The zero-order chi connectivity index (χ0) is 18.3. The fourth-order valence-corrected chi connectivity index (χ4v) is 3.44. The van der Waals surface area contributed by atoms with Gasteiger partial charge in [0.1, 0.15) is 0 Å². The van der Waals surface area contributed by atoms with Gasteiger partial charge in [-0.05, 0) is 47.0 Å². The number of alkyl halides is 1. The van der Waals surface area contributed by atoms with Crippen molar-refractivity contribution < 1.29 is 14.0 Å². The normalized spacial score (nSPS) is 13.0. The molecule has 0 fully saturated rings. The minimum atomic E-state index is -0.506. The molecule has 0 aromatic rings. The van der Waals surface area contributed by atoms with E-state index >= 15 is 0 Å². The van der Waals surface area contributed by atoms with Gasteiger partial charge in [-0.15, -0.1) is 0 Å². The molecule has 1 unspecified atom stereocenters. The number of hydrogen-bond donors (Lipinski definition) is 0. The monoisotopic (exact) mass is 362 g/mol. The zero-order valence-electron chi connectivity index (χ0n) is 16.6. The van der Waals surface area contributed by atoms with Gasteiger partial charge in [0.25, 0.3) is 0 Å². The standard InChI is InChI=1S/C20H41ClNO2/c1-5-22(6-2,7-3)18-16-14-12-10-8-9-11-13-15-17-20(23)24-19(4)21/h19H,5-18H2,1-4H3/q+1. The predicted molar refractivity (Wildman–Crippen MR) is 104 cm³/mol. The molecule has 3 nitrogen and oxygen atoms in total. The Morgan fingerprint density at radius 3 is 1.67 bits per heavy atom. The van der Waals surface area contributed by atoms with Crippen molar-refractivity contribution in [3.8, 4) is 0 Å². The summed E-state index contributed by atoms with van der Waals surface area (Å²) in [6, 6.07) is 0. The molecule has 0 rings (SSSR count). The maximum atomic E-state index is 11.3. The lowest BCUT2D eigenvalue weighted by molar-refractivity contribution is -0.923. The Balaban J connectivity index is 3.38. The Bertz CT molecular complexity index is 296. The van der Waals surface area contributed by atoms with Crippen molar-refractivity contribution >= 4 is 17.6 Å². The van der Waals surface area contributed by atoms with Crippen molar-refractivity contribution in [2.45, 2.75) is 97.5 Å². The van der Waals surface area contributed by atoms with Crippen LogP contribution in [0.15, 0.2) is 0 Å². The highest BCUT2D eigenvalue weighted by molar-refractivity contribution is 6.19. The first-order chi connectivity index (χ1) is 11.5. The molecule has 0 aliphatic carbocycles. The lowest BCUT2D eigenvalue weighted by Crippen LogP contribution is -2.48. The van der Waals surface area contributed by atoms with Gasteiger partial charge < -0.3 is 9.22 Å². The van der Waals surface area contributed by atoms with Crippen molar-refractivity contribution in [1.29, 1.82) is 0 Å². The zero-order valence-corrected chi connectivity index (χ0v) is 17.4. The molecule has 0 amide bonds. The second-order valence-electron chi connectivity index (χ2n) is 6.98. The molecule has 0 aromatic heterocycles.